The van der Waals surface area contributed by atoms with E-state index in [0.717, 1.165) is 43.9 Å². The van der Waals surface area contributed by atoms with Crippen molar-refractivity contribution in [3.05, 3.63) is 218 Å². The topological polar surface area (TPSA) is 26.3 Å². The summed E-state index contributed by atoms with van der Waals surface area (Å²) in [6, 6.07) is 80.1. The Morgan fingerprint density at radius 1 is 0.224 bits per heavy atom. The van der Waals surface area contributed by atoms with E-state index in [1.54, 1.807) is 0 Å². The van der Waals surface area contributed by atoms with Gasteiger partial charge in [0.2, 0.25) is 0 Å². The molecule has 0 bridgehead atoms. The van der Waals surface area contributed by atoms with Crippen molar-refractivity contribution in [2.45, 2.75) is 0 Å². The third-order valence-corrected chi connectivity index (χ3v) is 16.8. The van der Waals surface area contributed by atoms with Crippen molar-refractivity contribution in [1.82, 2.24) is 0 Å². The molecule has 67 heavy (non-hydrogen) atoms. The van der Waals surface area contributed by atoms with E-state index in [-0.39, 0.29) is 14.5 Å². The first-order valence-corrected chi connectivity index (χ1v) is 24.6. The monoisotopic (exact) mass is 916 g/mol. The molecule has 0 aliphatic rings. The summed E-state index contributed by atoms with van der Waals surface area (Å²) < 4.78 is 15.8. The van der Waals surface area contributed by atoms with Crippen molar-refractivity contribution in [2.24, 2.45) is 0 Å². The Hall–Kier alpha value is -8.20. The van der Waals surface area contributed by atoms with E-state index in [0.29, 0.717) is 0 Å². The molecule has 15 aromatic rings. The first-order chi connectivity index (χ1) is 33.3. The van der Waals surface area contributed by atoms with E-state index < -0.39 is 0 Å². The van der Waals surface area contributed by atoms with Crippen LogP contribution < -0.4 is 0 Å². The minimum atomic E-state index is 0.0585. The van der Waals surface area contributed by atoms with Gasteiger partial charge in [0.1, 0.15) is 0 Å². The van der Waals surface area contributed by atoms with Crippen LogP contribution in [0.3, 0.4) is 0 Å². The first kappa shape index (κ1) is 37.1. The molecule has 0 amide bonds. The van der Waals surface area contributed by atoms with E-state index in [1.807, 2.05) is 0 Å². The number of hydrogen-bond acceptors (Lipinski definition) is 2. The fraction of sp³-hybridized carbons (Fsp3) is 0. The number of rotatable bonds is 4. The van der Waals surface area contributed by atoms with Crippen molar-refractivity contribution < 1.29 is 8.83 Å². The maximum absolute atomic E-state index is 6.46. The Labute approximate surface area is 390 Å². The molecule has 2 nitrogen and oxygen atoms in total. The van der Waals surface area contributed by atoms with Gasteiger partial charge in [-0.1, -0.05) is 6.07 Å². The summed E-state index contributed by atoms with van der Waals surface area (Å²) in [7, 11) is 0. The number of furan rings is 2. The van der Waals surface area contributed by atoms with Gasteiger partial charge in [-0.15, -0.1) is 0 Å². The minimum absolute atomic E-state index is 0.0585. The second-order valence-electron chi connectivity index (χ2n) is 17.7. The fourth-order valence-corrected chi connectivity index (χ4v) is 14.3. The third kappa shape index (κ3) is 5.21. The van der Waals surface area contributed by atoms with Crippen LogP contribution in [-0.2, 0) is 0 Å². The molecule has 0 radical (unpaired) electrons. The van der Waals surface area contributed by atoms with Crippen molar-refractivity contribution >= 4 is 121 Å². The van der Waals surface area contributed by atoms with Crippen molar-refractivity contribution in [2.75, 3.05) is 0 Å². The molecule has 0 saturated carbocycles. The van der Waals surface area contributed by atoms with Crippen LogP contribution in [0.4, 0.5) is 0 Å². The summed E-state index contributed by atoms with van der Waals surface area (Å²) in [4.78, 5) is 0. The molecule has 0 spiro atoms. The second kappa shape index (κ2) is 14.1. The molecule has 0 unspecified atom stereocenters. The Kier molecular flexibility index (Phi) is 7.83. The van der Waals surface area contributed by atoms with Crippen LogP contribution in [0.1, 0.15) is 0 Å². The van der Waals surface area contributed by atoms with E-state index in [2.05, 4.69) is 218 Å². The molecule has 0 saturated heterocycles. The summed E-state index contributed by atoms with van der Waals surface area (Å²) in [6.07, 6.45) is 0. The van der Waals surface area contributed by atoms with Crippen LogP contribution in [-0.4, -0.2) is 14.5 Å². The van der Waals surface area contributed by atoms with Gasteiger partial charge in [-0.2, -0.15) is 0 Å². The Morgan fingerprint density at radius 3 is 0.955 bits per heavy atom. The van der Waals surface area contributed by atoms with Gasteiger partial charge >= 0.3 is 386 Å². The zero-order chi connectivity index (χ0) is 43.7. The summed E-state index contributed by atoms with van der Waals surface area (Å²) in [5.74, 6) is 0. The van der Waals surface area contributed by atoms with Gasteiger partial charge in [-0.3, -0.25) is 0 Å². The summed E-state index contributed by atoms with van der Waals surface area (Å²) >= 11 is 0.0585. The van der Waals surface area contributed by atoms with Crippen molar-refractivity contribution in [3.8, 4) is 44.5 Å². The fourth-order valence-electron chi connectivity index (χ4n) is 11.6. The summed E-state index contributed by atoms with van der Waals surface area (Å²) in [6.45, 7) is 0. The molecule has 0 N–H and O–H groups in total. The Balaban J connectivity index is 1.01. The molecule has 3 aromatic heterocycles. The van der Waals surface area contributed by atoms with E-state index >= 15 is 0 Å². The second-order valence-corrected chi connectivity index (χ2v) is 19.9. The molecule has 15 rings (SSSR count). The molecular weight excluding hydrogens is 880 g/mol. The normalized spacial score (nSPS) is 12.2. The average molecular weight is 916 g/mol. The zero-order valence-electron chi connectivity index (χ0n) is 36.0. The number of benzene rings is 12. The van der Waals surface area contributed by atoms with E-state index in [4.69, 9.17) is 8.83 Å². The average Bonchev–Trinajstić information content (AvgIpc) is 4.09. The van der Waals surface area contributed by atoms with Gasteiger partial charge in [0, 0.05) is 0 Å². The quantitative estimate of drug-likeness (QED) is 0.130. The predicted octanol–water partition coefficient (Wildman–Crippen LogP) is 18.1. The van der Waals surface area contributed by atoms with Crippen LogP contribution in [0.25, 0.3) is 151 Å². The van der Waals surface area contributed by atoms with Crippen molar-refractivity contribution in [1.29, 1.82) is 0 Å². The van der Waals surface area contributed by atoms with Gasteiger partial charge in [0.25, 0.3) is 0 Å². The number of fused-ring (bicyclic) bond motifs is 13. The van der Waals surface area contributed by atoms with Crippen LogP contribution in [0, 0.1) is 0 Å². The molecular formula is C64H36O2Se. The third-order valence-electron chi connectivity index (χ3n) is 14.3. The van der Waals surface area contributed by atoms with E-state index in [1.165, 1.54) is 107 Å². The summed E-state index contributed by atoms with van der Waals surface area (Å²) in [5.41, 5.74) is 13.7. The molecule has 0 fully saturated rings. The molecule has 0 aliphatic carbocycles. The van der Waals surface area contributed by atoms with E-state index in [9.17, 15) is 0 Å². The number of para-hydroxylation sites is 2. The van der Waals surface area contributed by atoms with Crippen LogP contribution in [0.2, 0.25) is 0 Å². The predicted molar refractivity (Wildman–Crippen MR) is 285 cm³/mol. The standard InChI is InChI=1S/C64H36O2Se/c1-3-19-39-37(17-1)57(47-27-14-34-54-61(47)45-25-9-11-32-52(45)65-54)38-18-2-4-20-40(38)59(39)49-29-16-36-56-63(49)51-31-13-30-50(64(51)67-56)60-43-23-7-5-21-41(43)58(42-22-6-8-24-44(42)60)48-28-15-35-55-62(48)46-26-10-12-33-53(46)66-55/h1-36H. The SMILES string of the molecule is c1ccc2c(c1)oc1cccc(-c3c4ccccc4c(-c4cccc5c4[se]c4cccc(-c6c7ccccc7c(-c7cccc8oc9ccccc9c78)c7ccccc67)c45)c4ccccc34)c12. The first-order valence-electron chi connectivity index (χ1n) is 22.9. The summed E-state index contributed by atoms with van der Waals surface area (Å²) in [5, 5.41) is 17.3. The Bertz CT molecular complexity index is 4470. The Morgan fingerprint density at radius 2 is 0.522 bits per heavy atom. The van der Waals surface area contributed by atoms with Crippen molar-refractivity contribution in [3.63, 3.8) is 0 Å². The molecule has 0 aliphatic heterocycles. The van der Waals surface area contributed by atoms with Gasteiger partial charge in [0.05, 0.1) is 0 Å². The van der Waals surface area contributed by atoms with Crippen LogP contribution in [0.5, 0.6) is 0 Å². The van der Waals surface area contributed by atoms with Gasteiger partial charge in [-0.25, -0.2) is 0 Å². The molecule has 12 aromatic carbocycles. The molecule has 0 atom stereocenters. The van der Waals surface area contributed by atoms with Gasteiger partial charge in [0.15, 0.2) is 0 Å². The van der Waals surface area contributed by atoms with Gasteiger partial charge < -0.3 is 0 Å². The number of hydrogen-bond donors (Lipinski definition) is 0. The van der Waals surface area contributed by atoms with Crippen LogP contribution in [0.15, 0.2) is 227 Å². The molecule has 3 heteroatoms. The molecule has 310 valence electrons. The van der Waals surface area contributed by atoms with Gasteiger partial charge in [-0.05, 0) is 0 Å². The van der Waals surface area contributed by atoms with Crippen LogP contribution >= 0.6 is 0 Å². The maximum atomic E-state index is 6.46. The zero-order valence-corrected chi connectivity index (χ0v) is 37.7. The molecule has 3 heterocycles.